The molecule has 0 aliphatic carbocycles. The summed E-state index contributed by atoms with van der Waals surface area (Å²) in [7, 11) is 1.62. The molecule has 24 heavy (non-hydrogen) atoms. The lowest BCUT2D eigenvalue weighted by molar-refractivity contribution is 0.390. The van der Waals surface area contributed by atoms with Gasteiger partial charge in [-0.15, -0.1) is 5.10 Å². The Hall–Kier alpha value is -2.42. The monoisotopic (exact) mass is 346 g/mol. The molecule has 9 heteroatoms. The van der Waals surface area contributed by atoms with Crippen LogP contribution < -0.4 is 4.74 Å². The maximum Gasteiger partial charge on any atom is 0.237 e. The number of para-hydroxylation sites is 1. The molecule has 126 valence electrons. The second kappa shape index (κ2) is 7.43. The second-order valence-electron chi connectivity index (χ2n) is 5.54. The zero-order valence-corrected chi connectivity index (χ0v) is 14.5. The number of rotatable bonds is 7. The summed E-state index contributed by atoms with van der Waals surface area (Å²) in [4.78, 5) is 4.42. The van der Waals surface area contributed by atoms with Crippen molar-refractivity contribution in [2.45, 2.75) is 31.3 Å². The first-order valence-corrected chi connectivity index (χ1v) is 8.51. The fourth-order valence-electron chi connectivity index (χ4n) is 2.14. The van der Waals surface area contributed by atoms with Crippen molar-refractivity contribution in [1.29, 1.82) is 0 Å². The second-order valence-corrected chi connectivity index (χ2v) is 6.48. The van der Waals surface area contributed by atoms with Gasteiger partial charge in [0, 0.05) is 6.54 Å². The van der Waals surface area contributed by atoms with Crippen LogP contribution in [0.1, 0.15) is 19.7 Å². The Kier molecular flexibility index (Phi) is 5.09. The van der Waals surface area contributed by atoms with Crippen LogP contribution in [0.3, 0.4) is 0 Å². The fourth-order valence-corrected chi connectivity index (χ4v) is 2.86. The molecule has 0 spiro atoms. The van der Waals surface area contributed by atoms with E-state index in [0.717, 1.165) is 17.3 Å². The normalized spacial score (nSPS) is 11.2. The van der Waals surface area contributed by atoms with Crippen LogP contribution in [-0.2, 0) is 12.3 Å². The van der Waals surface area contributed by atoms with E-state index in [4.69, 9.17) is 9.26 Å². The van der Waals surface area contributed by atoms with Crippen LogP contribution in [0.15, 0.2) is 33.9 Å². The Morgan fingerprint density at radius 1 is 1.29 bits per heavy atom. The lowest BCUT2D eigenvalue weighted by Gasteiger charge is -2.05. The highest BCUT2D eigenvalue weighted by Crippen LogP contribution is 2.28. The Balaban J connectivity index is 1.70. The lowest BCUT2D eigenvalue weighted by Crippen LogP contribution is -2.07. The average molecular weight is 346 g/mol. The summed E-state index contributed by atoms with van der Waals surface area (Å²) in [5.74, 6) is 2.69. The number of hydrogen-bond acceptors (Lipinski definition) is 8. The zero-order valence-electron chi connectivity index (χ0n) is 13.7. The number of ether oxygens (including phenoxy) is 1. The molecule has 0 saturated carbocycles. The molecule has 0 N–H and O–H groups in total. The molecule has 0 saturated heterocycles. The Morgan fingerprint density at radius 3 is 2.92 bits per heavy atom. The van der Waals surface area contributed by atoms with E-state index in [1.807, 2.05) is 24.3 Å². The molecule has 8 nitrogen and oxygen atoms in total. The number of benzene rings is 1. The van der Waals surface area contributed by atoms with E-state index in [1.165, 1.54) is 11.8 Å². The Bertz CT molecular complexity index is 801. The van der Waals surface area contributed by atoms with Crippen LogP contribution >= 0.6 is 11.8 Å². The van der Waals surface area contributed by atoms with Gasteiger partial charge in [-0.25, -0.2) is 4.68 Å². The van der Waals surface area contributed by atoms with Gasteiger partial charge in [0.2, 0.25) is 16.9 Å². The van der Waals surface area contributed by atoms with Gasteiger partial charge in [0.1, 0.15) is 5.75 Å². The highest BCUT2D eigenvalue weighted by molar-refractivity contribution is 7.98. The molecule has 0 fully saturated rings. The highest BCUT2D eigenvalue weighted by atomic mass is 32.2. The van der Waals surface area contributed by atoms with Gasteiger partial charge in [-0.2, -0.15) is 4.98 Å². The minimum absolute atomic E-state index is 0.466. The van der Waals surface area contributed by atoms with Crippen molar-refractivity contribution in [3.05, 3.63) is 30.2 Å². The SMILES string of the molecule is COc1ccccc1-c1noc(CSc2nnnn2CC(C)C)n1. The van der Waals surface area contributed by atoms with Gasteiger partial charge < -0.3 is 9.26 Å². The van der Waals surface area contributed by atoms with E-state index >= 15 is 0 Å². The van der Waals surface area contributed by atoms with Gasteiger partial charge >= 0.3 is 0 Å². The lowest BCUT2D eigenvalue weighted by atomic mass is 10.2. The number of tetrazole rings is 1. The third kappa shape index (κ3) is 3.73. The molecule has 0 amide bonds. The molecule has 0 aliphatic heterocycles. The van der Waals surface area contributed by atoms with E-state index in [0.29, 0.717) is 29.1 Å². The molecule has 0 unspecified atom stereocenters. The van der Waals surface area contributed by atoms with Crippen molar-refractivity contribution in [1.82, 2.24) is 30.3 Å². The molecular formula is C15H18N6O2S. The first kappa shape index (κ1) is 16.4. The van der Waals surface area contributed by atoms with Crippen LogP contribution in [0.5, 0.6) is 5.75 Å². The minimum Gasteiger partial charge on any atom is -0.496 e. The molecule has 1 aromatic carbocycles. The van der Waals surface area contributed by atoms with Crippen LogP contribution in [-0.4, -0.2) is 37.5 Å². The molecule has 0 atom stereocenters. The summed E-state index contributed by atoms with van der Waals surface area (Å²) in [6.07, 6.45) is 0. The summed E-state index contributed by atoms with van der Waals surface area (Å²) in [6, 6.07) is 7.56. The molecule has 2 aromatic heterocycles. The van der Waals surface area contributed by atoms with Crippen molar-refractivity contribution in [2.24, 2.45) is 5.92 Å². The van der Waals surface area contributed by atoms with E-state index in [1.54, 1.807) is 11.8 Å². The highest BCUT2D eigenvalue weighted by Gasteiger charge is 2.15. The van der Waals surface area contributed by atoms with Gasteiger partial charge in [0.15, 0.2) is 0 Å². The summed E-state index contributed by atoms with van der Waals surface area (Å²) < 4.78 is 12.4. The summed E-state index contributed by atoms with van der Waals surface area (Å²) >= 11 is 1.47. The average Bonchev–Trinajstić information content (AvgIpc) is 3.21. The van der Waals surface area contributed by atoms with Crippen LogP contribution in [0, 0.1) is 5.92 Å². The quantitative estimate of drug-likeness (QED) is 0.603. The van der Waals surface area contributed by atoms with Crippen molar-refractivity contribution in [2.75, 3.05) is 7.11 Å². The van der Waals surface area contributed by atoms with Gasteiger partial charge in [-0.05, 0) is 28.5 Å². The van der Waals surface area contributed by atoms with Crippen LogP contribution in [0.2, 0.25) is 0 Å². The summed E-state index contributed by atoms with van der Waals surface area (Å²) in [5.41, 5.74) is 0.796. The zero-order chi connectivity index (χ0) is 16.9. The first-order valence-electron chi connectivity index (χ1n) is 7.52. The smallest absolute Gasteiger partial charge is 0.237 e. The Morgan fingerprint density at radius 2 is 2.12 bits per heavy atom. The van der Waals surface area contributed by atoms with Crippen molar-refractivity contribution in [3.8, 4) is 17.1 Å². The largest absolute Gasteiger partial charge is 0.496 e. The topological polar surface area (TPSA) is 91.8 Å². The predicted molar refractivity (Wildman–Crippen MR) is 88.5 cm³/mol. The number of hydrogen-bond donors (Lipinski definition) is 0. The maximum atomic E-state index is 5.32. The van der Waals surface area contributed by atoms with Crippen LogP contribution in [0.4, 0.5) is 0 Å². The molecule has 0 bridgehead atoms. The number of nitrogens with zero attached hydrogens (tertiary/aromatic N) is 6. The fraction of sp³-hybridized carbons (Fsp3) is 0.400. The minimum atomic E-state index is 0.466. The van der Waals surface area contributed by atoms with Gasteiger partial charge in [0.25, 0.3) is 0 Å². The first-order chi connectivity index (χ1) is 11.7. The number of methoxy groups -OCH3 is 1. The van der Waals surface area contributed by atoms with Crippen LogP contribution in [0.25, 0.3) is 11.4 Å². The standard InChI is InChI=1S/C15H18N6O2S/c1-10(2)8-21-15(17-19-20-21)24-9-13-16-14(18-23-13)11-6-4-5-7-12(11)22-3/h4-7,10H,8-9H2,1-3H3. The molecule has 2 heterocycles. The van der Waals surface area contributed by atoms with Gasteiger partial charge in [-0.3, -0.25) is 0 Å². The van der Waals surface area contributed by atoms with E-state index in [-0.39, 0.29) is 0 Å². The van der Waals surface area contributed by atoms with E-state index in [2.05, 4.69) is 39.5 Å². The van der Waals surface area contributed by atoms with E-state index in [9.17, 15) is 0 Å². The maximum absolute atomic E-state index is 5.32. The van der Waals surface area contributed by atoms with Crippen molar-refractivity contribution < 1.29 is 9.26 Å². The molecular weight excluding hydrogens is 328 g/mol. The van der Waals surface area contributed by atoms with Gasteiger partial charge in [0.05, 0.1) is 18.4 Å². The number of aromatic nitrogens is 6. The molecule has 3 rings (SSSR count). The molecule has 3 aromatic rings. The predicted octanol–water partition coefficient (Wildman–Crippen LogP) is 2.68. The Labute approximate surface area is 143 Å². The third-order valence-corrected chi connectivity index (χ3v) is 4.12. The third-order valence-electron chi connectivity index (χ3n) is 3.18. The molecule has 0 aliphatic rings. The van der Waals surface area contributed by atoms with Crippen molar-refractivity contribution in [3.63, 3.8) is 0 Å². The van der Waals surface area contributed by atoms with E-state index < -0.39 is 0 Å². The molecule has 0 radical (unpaired) electrons. The summed E-state index contributed by atoms with van der Waals surface area (Å²) in [5, 5.41) is 16.5. The summed E-state index contributed by atoms with van der Waals surface area (Å²) in [6.45, 7) is 5.01. The number of thioether (sulfide) groups is 1. The van der Waals surface area contributed by atoms with Gasteiger partial charge in [-0.1, -0.05) is 42.9 Å². The van der Waals surface area contributed by atoms with Crippen molar-refractivity contribution >= 4 is 11.8 Å².